The Morgan fingerprint density at radius 1 is 1.17 bits per heavy atom. The summed E-state index contributed by atoms with van der Waals surface area (Å²) in [6.07, 6.45) is -4.75. The Balaban J connectivity index is 0.00000242. The molecule has 1 aromatic rings. The third-order valence-corrected chi connectivity index (χ3v) is 3.11. The smallest absolute Gasteiger partial charge is 0.336 e. The van der Waals surface area contributed by atoms with Crippen LogP contribution < -0.4 is 5.32 Å². The van der Waals surface area contributed by atoms with Gasteiger partial charge in [-0.15, -0.1) is 24.8 Å². The van der Waals surface area contributed by atoms with Crippen LogP contribution in [0.4, 0.5) is 18.9 Å². The maximum absolute atomic E-state index is 12.8. The number of nitro groups is 1. The second-order valence-electron chi connectivity index (χ2n) is 4.57. The largest absolute Gasteiger partial charge is 0.416 e. The van der Waals surface area contributed by atoms with Gasteiger partial charge in [0.1, 0.15) is 0 Å². The molecule has 0 spiro atoms. The maximum Gasteiger partial charge on any atom is 0.416 e. The zero-order valence-electron chi connectivity index (χ0n) is 11.6. The second-order valence-corrected chi connectivity index (χ2v) is 4.57. The number of carbonyl (C=O) groups is 1. The lowest BCUT2D eigenvalue weighted by Gasteiger charge is -2.27. The van der Waals surface area contributed by atoms with E-state index in [-0.39, 0.29) is 30.4 Å². The van der Waals surface area contributed by atoms with Crippen LogP contribution in [-0.4, -0.2) is 41.9 Å². The molecule has 1 aliphatic heterocycles. The number of rotatable bonds is 2. The number of nitrogens with one attached hydrogen (secondary N) is 1. The van der Waals surface area contributed by atoms with Crippen LogP contribution in [0.2, 0.25) is 0 Å². The summed E-state index contributed by atoms with van der Waals surface area (Å²) in [5, 5.41) is 13.7. The van der Waals surface area contributed by atoms with Gasteiger partial charge in [-0.25, -0.2) is 0 Å². The maximum atomic E-state index is 12.8. The van der Waals surface area contributed by atoms with Gasteiger partial charge in [-0.3, -0.25) is 14.9 Å². The van der Waals surface area contributed by atoms with E-state index in [1.165, 1.54) is 4.90 Å². The van der Waals surface area contributed by atoms with Crippen molar-refractivity contribution < 1.29 is 22.9 Å². The van der Waals surface area contributed by atoms with E-state index in [2.05, 4.69) is 5.32 Å². The highest BCUT2D eigenvalue weighted by atomic mass is 35.5. The Labute approximate surface area is 142 Å². The van der Waals surface area contributed by atoms with Gasteiger partial charge in [-0.1, -0.05) is 0 Å². The zero-order chi connectivity index (χ0) is 15.6. The molecule has 11 heteroatoms. The van der Waals surface area contributed by atoms with E-state index in [1.54, 1.807) is 0 Å². The van der Waals surface area contributed by atoms with Gasteiger partial charge in [-0.2, -0.15) is 13.2 Å². The van der Waals surface area contributed by atoms with E-state index in [0.717, 1.165) is 6.07 Å². The summed E-state index contributed by atoms with van der Waals surface area (Å²) in [6.45, 7) is 1.77. The van der Waals surface area contributed by atoms with Crippen LogP contribution in [0.1, 0.15) is 15.9 Å². The van der Waals surface area contributed by atoms with Crippen molar-refractivity contribution in [1.82, 2.24) is 10.2 Å². The minimum atomic E-state index is -4.75. The number of hydrogen-bond donors (Lipinski definition) is 1. The second kappa shape index (κ2) is 8.32. The number of alkyl halides is 3. The summed E-state index contributed by atoms with van der Waals surface area (Å²) in [5.41, 5.74) is -2.27. The Bertz CT molecular complexity index is 578. The highest BCUT2D eigenvalue weighted by molar-refractivity contribution is 5.95. The fraction of sp³-hybridized carbons (Fsp3) is 0.417. The number of halogens is 5. The van der Waals surface area contributed by atoms with E-state index < -0.39 is 28.3 Å². The molecule has 6 nitrogen and oxygen atoms in total. The van der Waals surface area contributed by atoms with Gasteiger partial charge < -0.3 is 10.2 Å². The molecule has 0 saturated carbocycles. The number of nitrogens with zero attached hydrogens (tertiary/aromatic N) is 2. The monoisotopic (exact) mass is 375 g/mol. The van der Waals surface area contributed by atoms with Crippen LogP contribution in [-0.2, 0) is 6.18 Å². The number of amides is 1. The molecule has 1 N–H and O–H groups in total. The van der Waals surface area contributed by atoms with Crippen molar-refractivity contribution in [3.05, 3.63) is 39.4 Å². The molecule has 0 bridgehead atoms. The molecule has 1 saturated heterocycles. The normalized spacial score (nSPS) is 14.5. The molecule has 0 atom stereocenters. The van der Waals surface area contributed by atoms with Crippen molar-refractivity contribution in [3.8, 4) is 0 Å². The molecule has 1 aliphatic rings. The topological polar surface area (TPSA) is 75.5 Å². The van der Waals surface area contributed by atoms with Crippen molar-refractivity contribution in [2.75, 3.05) is 26.2 Å². The molecule has 2 rings (SSSR count). The van der Waals surface area contributed by atoms with Crippen LogP contribution in [0.15, 0.2) is 18.2 Å². The van der Waals surface area contributed by atoms with Crippen molar-refractivity contribution in [1.29, 1.82) is 0 Å². The van der Waals surface area contributed by atoms with Crippen LogP contribution in [0.3, 0.4) is 0 Å². The molecule has 1 amide bonds. The number of nitro benzene ring substituents is 1. The predicted molar refractivity (Wildman–Crippen MR) is 81.4 cm³/mol. The number of carbonyl (C=O) groups excluding carboxylic acids is 1. The highest BCUT2D eigenvalue weighted by Gasteiger charge is 2.34. The molecule has 1 aromatic carbocycles. The number of hydrogen-bond acceptors (Lipinski definition) is 4. The molecular formula is C12H14Cl2F3N3O3. The van der Waals surface area contributed by atoms with Gasteiger partial charge in [0.2, 0.25) is 0 Å². The third-order valence-electron chi connectivity index (χ3n) is 3.11. The summed E-state index contributed by atoms with van der Waals surface area (Å²) in [6, 6.07) is 1.95. The lowest BCUT2D eigenvalue weighted by molar-refractivity contribution is -0.385. The highest BCUT2D eigenvalue weighted by Crippen LogP contribution is 2.32. The minimum absolute atomic E-state index is 0. The Kier molecular flexibility index (Phi) is 7.75. The SMILES string of the molecule is Cl.Cl.O=C(c1cc([N+](=O)[O-])cc(C(F)(F)F)c1)N1CCNCC1. The summed E-state index contributed by atoms with van der Waals surface area (Å²) in [7, 11) is 0. The van der Waals surface area contributed by atoms with E-state index in [1.807, 2.05) is 0 Å². The van der Waals surface area contributed by atoms with Gasteiger partial charge in [0, 0.05) is 43.9 Å². The standard InChI is InChI=1S/C12H12F3N3O3.2ClH/c13-12(14,15)9-5-8(6-10(7-9)18(20)21)11(19)17-3-1-16-2-4-17;;/h5-7,16H,1-4H2;2*1H. The van der Waals surface area contributed by atoms with Gasteiger partial charge >= 0.3 is 6.18 Å². The summed E-state index contributed by atoms with van der Waals surface area (Å²) >= 11 is 0. The number of non-ortho nitro benzene ring substituents is 1. The molecule has 0 aliphatic carbocycles. The first-order valence-corrected chi connectivity index (χ1v) is 6.16. The van der Waals surface area contributed by atoms with Crippen LogP contribution in [0.5, 0.6) is 0 Å². The van der Waals surface area contributed by atoms with E-state index >= 15 is 0 Å². The Morgan fingerprint density at radius 2 is 1.74 bits per heavy atom. The fourth-order valence-electron chi connectivity index (χ4n) is 2.05. The van der Waals surface area contributed by atoms with Crippen LogP contribution in [0.25, 0.3) is 0 Å². The first-order valence-electron chi connectivity index (χ1n) is 6.16. The van der Waals surface area contributed by atoms with Gasteiger partial charge in [0.25, 0.3) is 11.6 Å². The zero-order valence-corrected chi connectivity index (χ0v) is 13.3. The minimum Gasteiger partial charge on any atom is -0.336 e. The Hall–Kier alpha value is -1.58. The van der Waals surface area contributed by atoms with Gasteiger partial charge in [0.05, 0.1) is 10.5 Å². The first-order chi connectivity index (χ1) is 9.79. The van der Waals surface area contributed by atoms with E-state index in [0.29, 0.717) is 38.3 Å². The predicted octanol–water partition coefficient (Wildman–Crippen LogP) is 2.50. The molecule has 130 valence electrons. The number of benzene rings is 1. The quantitative estimate of drug-likeness (QED) is 0.636. The average molecular weight is 376 g/mol. The lowest BCUT2D eigenvalue weighted by atomic mass is 10.1. The first kappa shape index (κ1) is 21.4. The molecule has 0 radical (unpaired) electrons. The summed E-state index contributed by atoms with van der Waals surface area (Å²) in [5.74, 6) is -0.634. The van der Waals surface area contributed by atoms with Crippen LogP contribution >= 0.6 is 24.8 Å². The summed E-state index contributed by atoms with van der Waals surface area (Å²) in [4.78, 5) is 23.3. The lowest BCUT2D eigenvalue weighted by Crippen LogP contribution is -2.46. The fourth-order valence-corrected chi connectivity index (χ4v) is 2.05. The summed E-state index contributed by atoms with van der Waals surface area (Å²) < 4.78 is 38.3. The van der Waals surface area contributed by atoms with E-state index in [9.17, 15) is 28.1 Å². The van der Waals surface area contributed by atoms with Crippen LogP contribution in [0, 0.1) is 10.1 Å². The van der Waals surface area contributed by atoms with Crippen molar-refractivity contribution in [2.45, 2.75) is 6.18 Å². The molecular weight excluding hydrogens is 362 g/mol. The molecule has 1 fully saturated rings. The van der Waals surface area contributed by atoms with Gasteiger partial charge in [-0.05, 0) is 6.07 Å². The molecule has 23 heavy (non-hydrogen) atoms. The third kappa shape index (κ3) is 5.22. The van der Waals surface area contributed by atoms with Gasteiger partial charge in [0.15, 0.2) is 0 Å². The Morgan fingerprint density at radius 3 is 2.22 bits per heavy atom. The van der Waals surface area contributed by atoms with E-state index in [4.69, 9.17) is 0 Å². The molecule has 0 aromatic heterocycles. The molecule has 0 unspecified atom stereocenters. The van der Waals surface area contributed by atoms with Crippen molar-refractivity contribution in [3.63, 3.8) is 0 Å². The molecule has 1 heterocycles. The average Bonchev–Trinajstić information content (AvgIpc) is 2.46. The number of piperazine rings is 1. The van der Waals surface area contributed by atoms with Crippen molar-refractivity contribution >= 4 is 36.4 Å². The van der Waals surface area contributed by atoms with Crippen molar-refractivity contribution in [2.24, 2.45) is 0 Å².